The van der Waals surface area contributed by atoms with Gasteiger partial charge in [-0.15, -0.1) is 0 Å². The van der Waals surface area contributed by atoms with E-state index in [4.69, 9.17) is 9.47 Å². The topological polar surface area (TPSA) is 55.8 Å². The van der Waals surface area contributed by atoms with Crippen LogP contribution in [-0.2, 0) is 9.47 Å². The lowest BCUT2D eigenvalue weighted by atomic mass is 9.44. The summed E-state index contributed by atoms with van der Waals surface area (Å²) in [6, 6.07) is 0. The minimum Gasteiger partial charge on any atom is -0.434 e. The van der Waals surface area contributed by atoms with Crippen LogP contribution in [0.4, 0.5) is 4.79 Å². The molecule has 0 aliphatic heterocycles. The maximum absolute atomic E-state index is 12.8. The van der Waals surface area contributed by atoms with E-state index < -0.39 is 6.16 Å². The first-order valence-electron chi connectivity index (χ1n) is 34.5. The number of carbonyl (C=O) groups is 1. The largest absolute Gasteiger partial charge is 0.508 e. The molecule has 77 heavy (non-hydrogen) atoms. The highest BCUT2D eigenvalue weighted by Gasteiger charge is 2.62. The average molecular weight is 1070 g/mol. The molecule has 440 valence electrons. The number of fused-ring (bicyclic) bond motifs is 10. The highest BCUT2D eigenvalue weighted by atomic mass is 16.7. The van der Waals surface area contributed by atoms with Crippen LogP contribution >= 0.6 is 0 Å². The SMILES string of the molecule is CC(C)CCC[C@@H](C)[C@H]1CC[C@H]2[C@@H]3CC=C4C[C@@H](OC(=O)OCCCCCCCC/C=C\CCCCCCCCC5C[C@H](O)CC6=CC[C@H]7[C@@H]8CC[C@H]([C@H](C)CCCC(C)C)[C@@]8(C)CC[C@@H]7[C@]65C)CC[C@]4(C)[C@H]3CC[C@]12C. The van der Waals surface area contributed by atoms with E-state index in [1.807, 2.05) is 0 Å². The summed E-state index contributed by atoms with van der Waals surface area (Å²) in [5.41, 5.74) is 4.90. The van der Waals surface area contributed by atoms with Crippen LogP contribution in [0.25, 0.3) is 0 Å². The maximum atomic E-state index is 12.8. The lowest BCUT2D eigenvalue weighted by molar-refractivity contribution is -0.0810. The Hall–Kier alpha value is -1.55. The standard InChI is InChI=1S/C73H124O4/c1-52(2)29-27-31-54(5)63-38-40-65-61-36-34-56-51-60(42-45-70(56,7)67(61)43-46-71(63,65)8)77-69(75)76-48-26-24-22-20-18-16-14-12-11-13-15-17-19-21-23-25-33-57-49-59(74)50-58-35-37-62-66-41-39-64(55(6)32-28-30-53(3)4)72(66,9)47-44-68(62)73(57,58)10/h11-12,34-35,52-55,57,59-68,74H,13-33,36-51H2,1-10H3/b12-11-/t54-,55-,57?,59+,60+,61+,62+,63-,64-,65+,66+,67+,68+,70+,71-,72-,73+/m1/s1. The number of carbonyl (C=O) groups excluding carboxylic acids is 1. The summed E-state index contributed by atoms with van der Waals surface area (Å²) in [6.07, 6.45) is 56.1. The van der Waals surface area contributed by atoms with Crippen molar-refractivity contribution in [3.63, 3.8) is 0 Å². The normalized spacial score (nSPS) is 38.3. The van der Waals surface area contributed by atoms with Gasteiger partial charge < -0.3 is 14.6 Å². The van der Waals surface area contributed by atoms with Gasteiger partial charge in [-0.05, 0) is 227 Å². The summed E-state index contributed by atoms with van der Waals surface area (Å²) in [5.74, 6) is 11.0. The first kappa shape index (κ1) is 61.5. The third-order valence-corrected chi connectivity index (χ3v) is 25.4. The summed E-state index contributed by atoms with van der Waals surface area (Å²) in [7, 11) is 0. The van der Waals surface area contributed by atoms with Gasteiger partial charge in [-0.2, -0.15) is 0 Å². The Morgan fingerprint density at radius 1 is 0.571 bits per heavy atom. The number of hydrogen-bond acceptors (Lipinski definition) is 4. The van der Waals surface area contributed by atoms with E-state index in [0.717, 1.165) is 116 Å². The molecule has 6 saturated carbocycles. The van der Waals surface area contributed by atoms with Crippen molar-refractivity contribution in [1.82, 2.24) is 0 Å². The third kappa shape index (κ3) is 14.5. The van der Waals surface area contributed by atoms with Crippen LogP contribution in [0.3, 0.4) is 0 Å². The van der Waals surface area contributed by atoms with Crippen molar-refractivity contribution in [2.45, 2.75) is 313 Å². The van der Waals surface area contributed by atoms with Crippen LogP contribution in [0.15, 0.2) is 35.5 Å². The molecule has 0 aromatic heterocycles. The van der Waals surface area contributed by atoms with Crippen LogP contribution in [0.2, 0.25) is 0 Å². The number of aliphatic hydroxyl groups is 1. The van der Waals surface area contributed by atoms with E-state index in [1.165, 1.54) is 186 Å². The van der Waals surface area contributed by atoms with Crippen molar-refractivity contribution >= 4 is 6.16 Å². The van der Waals surface area contributed by atoms with Crippen molar-refractivity contribution in [3.8, 4) is 0 Å². The zero-order valence-corrected chi connectivity index (χ0v) is 52.3. The van der Waals surface area contributed by atoms with Gasteiger partial charge in [0.25, 0.3) is 0 Å². The van der Waals surface area contributed by atoms with Crippen molar-refractivity contribution < 1.29 is 19.4 Å². The molecule has 6 fully saturated rings. The van der Waals surface area contributed by atoms with Crippen LogP contribution in [0.1, 0.15) is 300 Å². The third-order valence-electron chi connectivity index (χ3n) is 25.4. The molecule has 8 aliphatic carbocycles. The quantitative estimate of drug-likeness (QED) is 0.0461. The number of unbranched alkanes of at least 4 members (excludes halogenated alkanes) is 12. The minimum atomic E-state index is -0.442. The molecule has 1 N–H and O–H groups in total. The second-order valence-corrected chi connectivity index (χ2v) is 30.9. The van der Waals surface area contributed by atoms with Gasteiger partial charge in [0.1, 0.15) is 6.10 Å². The predicted molar refractivity (Wildman–Crippen MR) is 326 cm³/mol. The fourth-order valence-electron chi connectivity index (χ4n) is 21.1. The highest BCUT2D eigenvalue weighted by molar-refractivity contribution is 5.60. The fraction of sp³-hybridized carbons (Fsp3) is 0.904. The van der Waals surface area contributed by atoms with Gasteiger partial charge >= 0.3 is 6.16 Å². The molecule has 0 bridgehead atoms. The van der Waals surface area contributed by atoms with Gasteiger partial charge in [0.15, 0.2) is 0 Å². The number of ether oxygens (including phenoxy) is 2. The minimum absolute atomic E-state index is 0.0272. The molecule has 17 atom stereocenters. The Bertz CT molecular complexity index is 1910. The monoisotopic (exact) mass is 1060 g/mol. The van der Waals surface area contributed by atoms with E-state index in [2.05, 4.69) is 93.5 Å². The summed E-state index contributed by atoms with van der Waals surface area (Å²) in [4.78, 5) is 12.8. The molecule has 0 heterocycles. The van der Waals surface area contributed by atoms with Crippen LogP contribution in [0, 0.1) is 98.6 Å². The smallest absolute Gasteiger partial charge is 0.434 e. The van der Waals surface area contributed by atoms with E-state index in [0.29, 0.717) is 28.8 Å². The Kier molecular flexibility index (Phi) is 22.5. The maximum Gasteiger partial charge on any atom is 0.508 e. The molecule has 8 aliphatic rings. The van der Waals surface area contributed by atoms with Crippen molar-refractivity contribution in [2.75, 3.05) is 6.61 Å². The van der Waals surface area contributed by atoms with E-state index in [-0.39, 0.29) is 17.6 Å². The molecular formula is C73H124O4. The van der Waals surface area contributed by atoms with Gasteiger partial charge in [-0.3, -0.25) is 0 Å². The summed E-state index contributed by atoms with van der Waals surface area (Å²) < 4.78 is 11.6. The van der Waals surface area contributed by atoms with E-state index in [9.17, 15) is 9.90 Å². The summed E-state index contributed by atoms with van der Waals surface area (Å²) in [6.45, 7) is 25.9. The second-order valence-electron chi connectivity index (χ2n) is 30.9. The zero-order chi connectivity index (χ0) is 54.8. The number of aliphatic hydroxyl groups excluding tert-OH is 1. The fourth-order valence-corrected chi connectivity index (χ4v) is 21.1. The molecule has 4 nitrogen and oxygen atoms in total. The van der Waals surface area contributed by atoms with Crippen LogP contribution in [-0.4, -0.2) is 30.1 Å². The molecular weight excluding hydrogens is 941 g/mol. The first-order valence-corrected chi connectivity index (χ1v) is 34.5. The van der Waals surface area contributed by atoms with Crippen molar-refractivity contribution in [1.29, 1.82) is 0 Å². The Balaban J connectivity index is 0.624. The number of hydrogen-bond donors (Lipinski definition) is 1. The van der Waals surface area contributed by atoms with Gasteiger partial charge in [0, 0.05) is 6.42 Å². The summed E-state index contributed by atoms with van der Waals surface area (Å²) in [5, 5.41) is 11.1. The molecule has 0 amide bonds. The Morgan fingerprint density at radius 3 is 1.68 bits per heavy atom. The number of rotatable bonds is 29. The average Bonchev–Trinajstić information content (AvgIpc) is 3.99. The molecule has 1 unspecified atom stereocenters. The van der Waals surface area contributed by atoms with Crippen LogP contribution < -0.4 is 0 Å². The Morgan fingerprint density at radius 2 is 1.09 bits per heavy atom. The zero-order valence-electron chi connectivity index (χ0n) is 52.3. The highest BCUT2D eigenvalue weighted by Crippen LogP contribution is 2.70. The molecule has 8 rings (SSSR count). The second kappa shape index (κ2) is 28.1. The van der Waals surface area contributed by atoms with E-state index in [1.54, 1.807) is 11.1 Å². The molecule has 0 saturated heterocycles. The number of allylic oxidation sites excluding steroid dienone is 4. The van der Waals surface area contributed by atoms with Crippen molar-refractivity contribution in [3.05, 3.63) is 35.5 Å². The molecule has 4 heteroatoms. The molecule has 0 aromatic rings. The Labute approximate surface area is 476 Å². The van der Waals surface area contributed by atoms with Crippen molar-refractivity contribution in [2.24, 2.45) is 98.6 Å². The van der Waals surface area contributed by atoms with Gasteiger partial charge in [-0.1, -0.05) is 201 Å². The molecule has 0 aromatic carbocycles. The summed E-state index contributed by atoms with van der Waals surface area (Å²) >= 11 is 0. The van der Waals surface area contributed by atoms with Crippen LogP contribution in [0.5, 0.6) is 0 Å². The van der Waals surface area contributed by atoms with Gasteiger partial charge in [-0.25, -0.2) is 4.79 Å². The van der Waals surface area contributed by atoms with Gasteiger partial charge in [0.2, 0.25) is 0 Å². The lowest BCUT2D eigenvalue weighted by Crippen LogP contribution is -2.53. The predicted octanol–water partition coefficient (Wildman–Crippen LogP) is 21.6. The molecule has 0 radical (unpaired) electrons. The molecule has 0 spiro atoms. The first-order chi connectivity index (χ1) is 37.0. The van der Waals surface area contributed by atoms with E-state index >= 15 is 0 Å². The van der Waals surface area contributed by atoms with Gasteiger partial charge in [0.05, 0.1) is 12.7 Å². The lowest BCUT2D eigenvalue weighted by Gasteiger charge is -2.61.